The first kappa shape index (κ1) is 23.6. The van der Waals surface area contributed by atoms with Gasteiger partial charge < -0.3 is 24.4 Å². The number of anilines is 2. The summed E-state index contributed by atoms with van der Waals surface area (Å²) in [4.78, 5) is 38.8. The number of ether oxygens (including phenoxy) is 3. The van der Waals surface area contributed by atoms with Gasteiger partial charge in [-0.25, -0.2) is 0 Å². The Morgan fingerprint density at radius 1 is 1.12 bits per heavy atom. The van der Waals surface area contributed by atoms with Crippen molar-refractivity contribution in [3.05, 3.63) is 45.9 Å². The zero-order chi connectivity index (χ0) is 23.4. The van der Waals surface area contributed by atoms with Gasteiger partial charge in [-0.1, -0.05) is 15.9 Å². The van der Waals surface area contributed by atoms with Crippen LogP contribution in [0, 0.1) is 19.8 Å². The lowest BCUT2D eigenvalue weighted by Gasteiger charge is -2.20. The van der Waals surface area contributed by atoms with Gasteiger partial charge in [0.15, 0.2) is 6.61 Å². The van der Waals surface area contributed by atoms with Crippen LogP contribution in [0.25, 0.3) is 0 Å². The molecule has 1 heterocycles. The molecule has 1 aliphatic rings. The molecule has 0 aromatic heterocycles. The number of esters is 1. The fourth-order valence-electron chi connectivity index (χ4n) is 3.47. The van der Waals surface area contributed by atoms with E-state index in [0.717, 1.165) is 15.6 Å². The van der Waals surface area contributed by atoms with Crippen molar-refractivity contribution in [3.8, 4) is 11.5 Å². The van der Waals surface area contributed by atoms with Crippen LogP contribution >= 0.6 is 15.9 Å². The van der Waals surface area contributed by atoms with Gasteiger partial charge in [-0.15, -0.1) is 0 Å². The van der Waals surface area contributed by atoms with Crippen LogP contribution in [0.15, 0.2) is 34.8 Å². The van der Waals surface area contributed by atoms with E-state index < -0.39 is 24.4 Å². The van der Waals surface area contributed by atoms with Crippen LogP contribution in [0.3, 0.4) is 0 Å². The topological polar surface area (TPSA) is 94.2 Å². The second kappa shape index (κ2) is 10.0. The number of rotatable bonds is 7. The van der Waals surface area contributed by atoms with E-state index in [9.17, 15) is 14.4 Å². The monoisotopic (exact) mass is 504 g/mol. The molecule has 1 N–H and O–H groups in total. The third-order valence-electron chi connectivity index (χ3n) is 5.48. The predicted molar refractivity (Wildman–Crippen MR) is 123 cm³/mol. The summed E-state index contributed by atoms with van der Waals surface area (Å²) in [7, 11) is 3.04. The quantitative estimate of drug-likeness (QED) is 0.578. The Kier molecular flexibility index (Phi) is 7.40. The van der Waals surface area contributed by atoms with E-state index in [1.165, 1.54) is 19.1 Å². The van der Waals surface area contributed by atoms with Gasteiger partial charge >= 0.3 is 5.97 Å². The number of hydrogen-bond donors (Lipinski definition) is 1. The molecule has 170 valence electrons. The van der Waals surface area contributed by atoms with E-state index in [1.807, 2.05) is 19.9 Å². The first-order valence-corrected chi connectivity index (χ1v) is 10.8. The summed E-state index contributed by atoms with van der Waals surface area (Å²) in [5.41, 5.74) is 3.14. The van der Waals surface area contributed by atoms with Crippen molar-refractivity contribution in [1.82, 2.24) is 0 Å². The van der Waals surface area contributed by atoms with Crippen molar-refractivity contribution in [2.75, 3.05) is 37.6 Å². The van der Waals surface area contributed by atoms with Crippen LogP contribution < -0.4 is 19.7 Å². The Balaban J connectivity index is 1.59. The Labute approximate surface area is 194 Å². The maximum absolute atomic E-state index is 12.5. The van der Waals surface area contributed by atoms with Crippen molar-refractivity contribution in [2.24, 2.45) is 5.92 Å². The number of carbonyl (C=O) groups is 3. The molecule has 0 bridgehead atoms. The molecule has 3 rings (SSSR count). The molecule has 2 aromatic carbocycles. The zero-order valence-corrected chi connectivity index (χ0v) is 19.9. The molecule has 0 aliphatic carbocycles. The number of nitrogens with zero attached hydrogens (tertiary/aromatic N) is 1. The predicted octanol–water partition coefficient (Wildman–Crippen LogP) is 3.62. The van der Waals surface area contributed by atoms with Gasteiger partial charge in [-0.2, -0.15) is 0 Å². The minimum absolute atomic E-state index is 0.000646. The van der Waals surface area contributed by atoms with Crippen molar-refractivity contribution in [3.63, 3.8) is 0 Å². The third kappa shape index (κ3) is 5.04. The normalized spacial score (nSPS) is 15.5. The lowest BCUT2D eigenvalue weighted by atomic mass is 10.1. The highest BCUT2D eigenvalue weighted by molar-refractivity contribution is 9.10. The SMILES string of the molecule is COc1ccc(N2C[C@@H](C(=O)OCC(=O)Nc3ccc(Br)c(C)c3C)CC2=O)c(OC)c1. The summed E-state index contributed by atoms with van der Waals surface area (Å²) in [5, 5.41) is 2.75. The number of amides is 2. The number of benzene rings is 2. The number of carbonyl (C=O) groups excluding carboxylic acids is 3. The van der Waals surface area contributed by atoms with E-state index in [0.29, 0.717) is 22.9 Å². The molecule has 8 nitrogen and oxygen atoms in total. The van der Waals surface area contributed by atoms with E-state index in [2.05, 4.69) is 21.2 Å². The highest BCUT2D eigenvalue weighted by Gasteiger charge is 2.37. The first-order chi connectivity index (χ1) is 15.2. The molecule has 0 spiro atoms. The third-order valence-corrected chi connectivity index (χ3v) is 6.34. The highest BCUT2D eigenvalue weighted by atomic mass is 79.9. The van der Waals surface area contributed by atoms with Gasteiger partial charge in [0.05, 0.1) is 25.8 Å². The van der Waals surface area contributed by atoms with Crippen molar-refractivity contribution >= 4 is 45.1 Å². The largest absolute Gasteiger partial charge is 0.497 e. The number of nitrogens with one attached hydrogen (secondary N) is 1. The second-order valence-electron chi connectivity index (χ2n) is 7.44. The molecule has 2 aromatic rings. The van der Waals surface area contributed by atoms with E-state index in [1.54, 1.807) is 24.3 Å². The smallest absolute Gasteiger partial charge is 0.311 e. The molecule has 1 aliphatic heterocycles. The minimum atomic E-state index is -0.668. The summed E-state index contributed by atoms with van der Waals surface area (Å²) in [6.07, 6.45) is 0.000646. The molecule has 2 amide bonds. The standard InChI is InChI=1S/C23H25BrN2O6/c1-13-14(2)18(7-6-17(13)24)25-21(27)12-32-23(29)15-9-22(28)26(11-15)19-8-5-16(30-3)10-20(19)31-4/h5-8,10,15H,9,11-12H2,1-4H3,(H,25,27)/t15-/m0/s1. The summed E-state index contributed by atoms with van der Waals surface area (Å²) in [6.45, 7) is 3.56. The van der Waals surface area contributed by atoms with Crippen LogP contribution in [-0.4, -0.2) is 45.2 Å². The van der Waals surface area contributed by atoms with Gasteiger partial charge in [0.25, 0.3) is 5.91 Å². The minimum Gasteiger partial charge on any atom is -0.497 e. The molecule has 9 heteroatoms. The first-order valence-electron chi connectivity index (χ1n) is 9.99. The Morgan fingerprint density at radius 3 is 2.56 bits per heavy atom. The maximum Gasteiger partial charge on any atom is 0.311 e. The maximum atomic E-state index is 12.5. The zero-order valence-electron chi connectivity index (χ0n) is 18.4. The van der Waals surface area contributed by atoms with Crippen molar-refractivity contribution in [1.29, 1.82) is 0 Å². The lowest BCUT2D eigenvalue weighted by molar-refractivity contribution is -0.151. The van der Waals surface area contributed by atoms with Crippen molar-refractivity contribution in [2.45, 2.75) is 20.3 Å². The summed E-state index contributed by atoms with van der Waals surface area (Å²) >= 11 is 3.45. The molecule has 32 heavy (non-hydrogen) atoms. The van der Waals surface area contributed by atoms with Crippen LogP contribution in [0.1, 0.15) is 17.5 Å². The van der Waals surface area contributed by atoms with E-state index >= 15 is 0 Å². The highest BCUT2D eigenvalue weighted by Crippen LogP contribution is 2.36. The van der Waals surface area contributed by atoms with Crippen LogP contribution in [-0.2, 0) is 19.1 Å². The molecule has 1 atom stereocenters. The van der Waals surface area contributed by atoms with Gasteiger partial charge in [-0.3, -0.25) is 14.4 Å². The fraction of sp³-hybridized carbons (Fsp3) is 0.348. The van der Waals surface area contributed by atoms with Gasteiger partial charge in [0.2, 0.25) is 5.91 Å². The van der Waals surface area contributed by atoms with Crippen LogP contribution in [0.5, 0.6) is 11.5 Å². The van der Waals surface area contributed by atoms with Crippen LogP contribution in [0.2, 0.25) is 0 Å². The molecule has 1 saturated heterocycles. The molecule has 1 fully saturated rings. The van der Waals surface area contributed by atoms with Crippen molar-refractivity contribution < 1.29 is 28.6 Å². The van der Waals surface area contributed by atoms with Gasteiger partial charge in [0.1, 0.15) is 11.5 Å². The average Bonchev–Trinajstić information content (AvgIpc) is 3.18. The Hall–Kier alpha value is -3.07. The van der Waals surface area contributed by atoms with E-state index in [-0.39, 0.29) is 18.9 Å². The molecule has 0 unspecified atom stereocenters. The summed E-state index contributed by atoms with van der Waals surface area (Å²) in [5.74, 6) is -0.866. The average molecular weight is 505 g/mol. The van der Waals surface area contributed by atoms with Crippen LogP contribution in [0.4, 0.5) is 11.4 Å². The molecular weight excluding hydrogens is 480 g/mol. The Bertz CT molecular complexity index is 1060. The number of methoxy groups -OCH3 is 2. The number of halogens is 1. The molecule has 0 saturated carbocycles. The fourth-order valence-corrected chi connectivity index (χ4v) is 3.90. The van der Waals surface area contributed by atoms with E-state index in [4.69, 9.17) is 14.2 Å². The van der Waals surface area contributed by atoms with Gasteiger partial charge in [0, 0.05) is 29.2 Å². The summed E-state index contributed by atoms with van der Waals surface area (Å²) < 4.78 is 16.7. The lowest BCUT2D eigenvalue weighted by Crippen LogP contribution is -2.28. The Morgan fingerprint density at radius 2 is 1.88 bits per heavy atom. The summed E-state index contributed by atoms with van der Waals surface area (Å²) in [6, 6.07) is 8.72. The van der Waals surface area contributed by atoms with Gasteiger partial charge in [-0.05, 0) is 49.2 Å². The molecule has 0 radical (unpaired) electrons. The second-order valence-corrected chi connectivity index (χ2v) is 8.30. The number of hydrogen-bond acceptors (Lipinski definition) is 6. The molecular formula is C23H25BrN2O6.